The lowest BCUT2D eigenvalue weighted by atomic mass is 9.36. The van der Waals surface area contributed by atoms with Crippen LogP contribution in [-0.4, -0.2) is 15.8 Å². The second kappa shape index (κ2) is 11.5. The van der Waals surface area contributed by atoms with Crippen LogP contribution < -0.4 is 10.9 Å². The van der Waals surface area contributed by atoms with E-state index in [0.29, 0.717) is 0 Å². The Labute approximate surface area is 316 Å². The van der Waals surface area contributed by atoms with Crippen molar-refractivity contribution < 1.29 is 8.83 Å². The van der Waals surface area contributed by atoms with Crippen LogP contribution in [0.1, 0.15) is 11.3 Å². The maximum Gasteiger partial charge on any atom is 0.241 e. The van der Waals surface area contributed by atoms with Gasteiger partial charge in [-0.25, -0.2) is 0 Å². The number of allylic oxidation sites excluding steroid dienone is 3. The van der Waals surface area contributed by atoms with Gasteiger partial charge < -0.3 is 18.0 Å². The molecule has 0 amide bonds. The molecule has 0 aliphatic heterocycles. The summed E-state index contributed by atoms with van der Waals surface area (Å²) in [5.74, 6) is 1.00. The fourth-order valence-electron chi connectivity index (χ4n) is 9.43. The van der Waals surface area contributed by atoms with Crippen LogP contribution in [0.2, 0.25) is 0 Å². The van der Waals surface area contributed by atoms with E-state index in [1.165, 1.54) is 60.0 Å². The molecule has 4 nitrogen and oxygen atoms in total. The van der Waals surface area contributed by atoms with Gasteiger partial charge in [0, 0.05) is 67.9 Å². The Morgan fingerprint density at radius 1 is 0.527 bits per heavy atom. The number of furan rings is 2. The van der Waals surface area contributed by atoms with Gasteiger partial charge in [-0.05, 0) is 48.5 Å². The lowest BCUT2D eigenvalue weighted by Gasteiger charge is -2.19. The second-order valence-electron chi connectivity index (χ2n) is 14.9. The first-order valence-corrected chi connectivity index (χ1v) is 19.0. The van der Waals surface area contributed by atoms with Crippen molar-refractivity contribution in [2.24, 2.45) is 7.05 Å². The molecule has 0 saturated heterocycles. The van der Waals surface area contributed by atoms with Crippen LogP contribution in [0.5, 0.6) is 0 Å². The fraction of sp³-hybridized carbons (Fsp3) is 0.0400. The smallest absolute Gasteiger partial charge is 0.241 e. The van der Waals surface area contributed by atoms with Crippen LogP contribution in [0, 0.1) is 0 Å². The number of nitrogens with zero attached hydrogens (tertiary/aromatic N) is 2. The third kappa shape index (κ3) is 4.41. The number of fused-ring (bicyclic) bond motifs is 13. The molecule has 0 atom stereocenters. The Bertz CT molecular complexity index is 3440. The van der Waals surface area contributed by atoms with Crippen molar-refractivity contribution in [1.29, 1.82) is 0 Å². The molecule has 0 saturated carbocycles. The van der Waals surface area contributed by atoms with Crippen molar-refractivity contribution in [3.05, 3.63) is 181 Å². The Kier molecular flexibility index (Phi) is 6.38. The van der Waals surface area contributed by atoms with Crippen molar-refractivity contribution in [2.75, 3.05) is 0 Å². The quantitative estimate of drug-likeness (QED) is 0.171. The first-order valence-electron chi connectivity index (χ1n) is 19.0. The monoisotopic (exact) mass is 704 g/mol. The molecule has 258 valence electrons. The van der Waals surface area contributed by atoms with Gasteiger partial charge in [0.1, 0.15) is 22.5 Å². The standard InChI is InChI=1S/C50H33BN2O2/c1-52-42-19-6-3-18-39(42)49-44(52)26-25-38-35-15-2-7-20-43(35)53(50(38)49)34-14-10-12-31(28-34)51(33-24-27-48-41(30-33)37-17-5-9-22-46(37)55-48)32-13-11-23-47-40(29-32)36-16-4-8-21-45(36)54-47/h2-22,24-30H,23H2,1H3. The van der Waals surface area contributed by atoms with E-state index in [0.717, 1.165) is 56.3 Å². The van der Waals surface area contributed by atoms with Gasteiger partial charge in [0.15, 0.2) is 0 Å². The average molecular weight is 705 g/mol. The van der Waals surface area contributed by atoms with E-state index >= 15 is 0 Å². The molecule has 7 aromatic carbocycles. The van der Waals surface area contributed by atoms with E-state index < -0.39 is 0 Å². The summed E-state index contributed by atoms with van der Waals surface area (Å²) in [6.07, 6.45) is 7.66. The minimum atomic E-state index is -0.0699. The van der Waals surface area contributed by atoms with Crippen LogP contribution in [-0.2, 0) is 13.5 Å². The topological polar surface area (TPSA) is 36.1 Å². The highest BCUT2D eigenvalue weighted by Gasteiger charge is 2.27. The SMILES string of the molecule is Cn1c2ccccc2c2c1ccc1c3ccccc3n(-c3cccc(B(C4=Cc5c(oc6ccccc56)CC=C4)c4ccc5oc6ccccc6c5c4)c3)c12. The van der Waals surface area contributed by atoms with Crippen molar-refractivity contribution in [1.82, 2.24) is 9.13 Å². The summed E-state index contributed by atoms with van der Waals surface area (Å²) in [6, 6.07) is 54.8. The zero-order valence-corrected chi connectivity index (χ0v) is 30.2. The summed E-state index contributed by atoms with van der Waals surface area (Å²) in [7, 11) is 2.18. The molecular formula is C50H33BN2O2. The lowest BCUT2D eigenvalue weighted by Crippen LogP contribution is -2.44. The highest BCUT2D eigenvalue weighted by Crippen LogP contribution is 2.40. The number of benzene rings is 7. The molecule has 5 heteroatoms. The molecule has 1 aliphatic carbocycles. The minimum Gasteiger partial charge on any atom is -0.460 e. The molecule has 0 unspecified atom stereocenters. The molecule has 1 aliphatic rings. The number of aromatic nitrogens is 2. The summed E-state index contributed by atoms with van der Waals surface area (Å²) < 4.78 is 17.5. The third-order valence-corrected chi connectivity index (χ3v) is 11.9. The molecule has 0 bridgehead atoms. The Balaban J connectivity index is 1.14. The molecule has 0 spiro atoms. The van der Waals surface area contributed by atoms with E-state index in [4.69, 9.17) is 8.83 Å². The lowest BCUT2D eigenvalue weighted by molar-refractivity contribution is 0.564. The fourth-order valence-corrected chi connectivity index (χ4v) is 9.43. The van der Waals surface area contributed by atoms with Gasteiger partial charge >= 0.3 is 0 Å². The van der Waals surface area contributed by atoms with Crippen molar-refractivity contribution in [3.8, 4) is 5.69 Å². The first kappa shape index (κ1) is 30.5. The highest BCUT2D eigenvalue weighted by atomic mass is 16.3. The maximum atomic E-state index is 6.41. The van der Waals surface area contributed by atoms with Gasteiger partial charge in [0.25, 0.3) is 0 Å². The van der Waals surface area contributed by atoms with Gasteiger partial charge in [-0.2, -0.15) is 0 Å². The molecular weight excluding hydrogens is 671 g/mol. The van der Waals surface area contributed by atoms with Crippen LogP contribution in [0.3, 0.4) is 0 Å². The Morgan fingerprint density at radius 2 is 1.24 bits per heavy atom. The van der Waals surface area contributed by atoms with Gasteiger partial charge in [0.2, 0.25) is 6.71 Å². The predicted molar refractivity (Wildman–Crippen MR) is 231 cm³/mol. The Hall–Kier alpha value is -6.98. The van der Waals surface area contributed by atoms with Crippen LogP contribution >= 0.6 is 0 Å². The number of hydrogen-bond donors (Lipinski definition) is 0. The summed E-state index contributed by atoms with van der Waals surface area (Å²) in [6.45, 7) is -0.0699. The molecule has 11 aromatic rings. The van der Waals surface area contributed by atoms with Crippen molar-refractivity contribution in [3.63, 3.8) is 0 Å². The zero-order chi connectivity index (χ0) is 36.2. The van der Waals surface area contributed by atoms with E-state index in [1.807, 2.05) is 12.1 Å². The molecule has 55 heavy (non-hydrogen) atoms. The van der Waals surface area contributed by atoms with Crippen LogP contribution in [0.15, 0.2) is 178 Å². The third-order valence-electron chi connectivity index (χ3n) is 11.9. The van der Waals surface area contributed by atoms with E-state index in [1.54, 1.807) is 0 Å². The highest BCUT2D eigenvalue weighted by molar-refractivity contribution is 6.92. The largest absolute Gasteiger partial charge is 0.460 e. The Morgan fingerprint density at radius 3 is 2.11 bits per heavy atom. The molecule has 4 aromatic heterocycles. The molecule has 0 radical (unpaired) electrons. The van der Waals surface area contributed by atoms with Gasteiger partial charge in [-0.15, -0.1) is 0 Å². The van der Waals surface area contributed by atoms with E-state index in [-0.39, 0.29) is 6.71 Å². The number of aryl methyl sites for hydroxylation is 1. The summed E-state index contributed by atoms with van der Waals surface area (Å²) in [5.41, 5.74) is 13.6. The molecule has 0 N–H and O–H groups in total. The number of para-hydroxylation sites is 4. The van der Waals surface area contributed by atoms with Crippen LogP contribution in [0.4, 0.5) is 0 Å². The predicted octanol–water partition coefficient (Wildman–Crippen LogP) is 11.4. The van der Waals surface area contributed by atoms with Gasteiger partial charge in [-0.1, -0.05) is 138 Å². The number of rotatable bonds is 4. The summed E-state index contributed by atoms with van der Waals surface area (Å²) in [4.78, 5) is 0. The van der Waals surface area contributed by atoms with Gasteiger partial charge in [0.05, 0.1) is 16.6 Å². The second-order valence-corrected chi connectivity index (χ2v) is 14.9. The van der Waals surface area contributed by atoms with Crippen LogP contribution in [0.25, 0.3) is 88.3 Å². The average Bonchev–Trinajstić information content (AvgIpc) is 3.92. The maximum absolute atomic E-state index is 6.41. The molecule has 0 fully saturated rings. The van der Waals surface area contributed by atoms with E-state index in [2.05, 4.69) is 174 Å². The first-order chi connectivity index (χ1) is 27.2. The molecule has 12 rings (SSSR count). The zero-order valence-electron chi connectivity index (χ0n) is 30.2. The number of hydrogen-bond acceptors (Lipinski definition) is 2. The van der Waals surface area contributed by atoms with Crippen molar-refractivity contribution >= 4 is 100 Å². The summed E-state index contributed by atoms with van der Waals surface area (Å²) in [5, 5.41) is 8.45. The normalized spacial score (nSPS) is 13.1. The van der Waals surface area contributed by atoms with Gasteiger partial charge in [-0.3, -0.25) is 0 Å². The molecule has 4 heterocycles. The van der Waals surface area contributed by atoms with Crippen molar-refractivity contribution in [2.45, 2.75) is 6.42 Å². The minimum absolute atomic E-state index is 0.0699. The van der Waals surface area contributed by atoms with E-state index in [9.17, 15) is 0 Å². The summed E-state index contributed by atoms with van der Waals surface area (Å²) >= 11 is 0.